The van der Waals surface area contributed by atoms with E-state index in [-0.39, 0.29) is 55.7 Å². The van der Waals surface area contributed by atoms with Crippen molar-refractivity contribution in [1.29, 1.82) is 0 Å². The third-order valence-corrected chi connectivity index (χ3v) is 0. The minimum absolute atomic E-state index is 0. The van der Waals surface area contributed by atoms with Crippen molar-refractivity contribution in [3.8, 4) is 0 Å². The van der Waals surface area contributed by atoms with E-state index in [0.717, 1.165) is 0 Å². The smallest absolute Gasteiger partial charge is 2.00 e. The number of hydrogen-bond donors (Lipinski definition) is 0. The molecule has 0 amide bonds. The average molecular weight is 150 g/mol. The van der Waals surface area contributed by atoms with E-state index in [1.807, 2.05) is 0 Å². The largest absolute Gasteiger partial charge is 3.00 e. The van der Waals surface area contributed by atoms with Crippen LogP contribution in [0.25, 0.3) is 0 Å². The number of hydrogen-bond acceptors (Lipinski definition) is 1. The molecule has 8 heteroatoms. The van der Waals surface area contributed by atoms with Gasteiger partial charge in [-0.3, -0.25) is 0 Å². The minimum Gasteiger partial charge on any atom is -2.00 e. The predicted octanol–water partition coefficient (Wildman–Crippen LogP) is -4.80. The van der Waals surface area contributed by atoms with Gasteiger partial charge in [0.25, 0.3) is 0 Å². The van der Waals surface area contributed by atoms with Gasteiger partial charge in [0.1, 0.15) is 0 Å². The third kappa shape index (κ3) is 2710. The fourth-order valence-corrected chi connectivity index (χ4v) is 0. The Hall–Kier alpha value is 0.252. The summed E-state index contributed by atoms with van der Waals surface area (Å²) >= 11 is 0. The van der Waals surface area contributed by atoms with Gasteiger partial charge in [-0.2, -0.15) is 0 Å². The summed E-state index contributed by atoms with van der Waals surface area (Å²) in [7, 11) is 0. The topological polar surface area (TPSA) is 216 Å². The molecule has 0 fully saturated rings. The van der Waals surface area contributed by atoms with Crippen LogP contribution in [0.2, 0.25) is 0 Å². The fraction of sp³-hybridized carbons (Fsp3) is 0. The molecular weight excluding hydrogens is 139 g/mol. The molecule has 0 heterocycles. The molecule has 56 valence electrons. The van der Waals surface area contributed by atoms with E-state index in [2.05, 4.69) is 0 Å². The molecule has 0 saturated carbocycles. The van der Waals surface area contributed by atoms with Crippen LogP contribution in [0.4, 0.5) is 0 Å². The van der Waals surface area contributed by atoms with Crippen molar-refractivity contribution in [3.63, 3.8) is 0 Å². The monoisotopic (exact) mass is 150 g/mol. The zero-order valence-corrected chi connectivity index (χ0v) is 5.09. The quantitative estimate of drug-likeness (QED) is 0.305. The Morgan fingerprint density at radius 3 is 0.500 bits per heavy atom. The normalized spacial score (nSPS) is 0. The summed E-state index contributed by atoms with van der Waals surface area (Å²) < 4.78 is 0. The summed E-state index contributed by atoms with van der Waals surface area (Å²) in [6.07, 6.45) is 0. The Balaban J connectivity index is 0. The molecular formula is H11AlO7. The molecule has 0 aromatic carbocycles. The Labute approximate surface area is 56.6 Å². The maximum Gasteiger partial charge on any atom is 3.00 e. The van der Waals surface area contributed by atoms with Gasteiger partial charge in [-0.25, -0.2) is 0 Å². The summed E-state index contributed by atoms with van der Waals surface area (Å²) in [5.74, 6) is 0. The van der Waals surface area contributed by atoms with E-state index in [1.54, 1.807) is 0 Å². The van der Waals surface area contributed by atoms with Crippen LogP contribution in [0.5, 0.6) is 0 Å². The zero-order valence-electron chi connectivity index (χ0n) is 3.93. The van der Waals surface area contributed by atoms with Crippen molar-refractivity contribution < 1.29 is 38.3 Å². The summed E-state index contributed by atoms with van der Waals surface area (Å²) in [6.45, 7) is 0. The number of rotatable bonds is 0. The molecule has 0 aromatic heterocycles. The Morgan fingerprint density at radius 2 is 0.500 bits per heavy atom. The molecule has 0 bridgehead atoms. The molecule has 0 spiro atoms. The van der Waals surface area contributed by atoms with Crippen LogP contribution in [0.15, 0.2) is 0 Å². The summed E-state index contributed by atoms with van der Waals surface area (Å²) in [5.41, 5.74) is 0. The van der Waals surface area contributed by atoms with Crippen LogP contribution in [-0.2, 0) is 5.48 Å². The van der Waals surface area contributed by atoms with Crippen molar-refractivity contribution in [2.24, 2.45) is 0 Å². The van der Waals surface area contributed by atoms with Crippen LogP contribution < -0.4 is 0 Å². The summed E-state index contributed by atoms with van der Waals surface area (Å²) in [6, 6.07) is 0. The second-order valence-corrected chi connectivity index (χ2v) is 0. The maximum atomic E-state index is 0. The first-order valence-electron chi connectivity index (χ1n) is 0. The van der Waals surface area contributed by atoms with Gasteiger partial charge in [-0.15, -0.1) is 0 Å². The van der Waals surface area contributed by atoms with Gasteiger partial charge in [-0.1, -0.05) is 0 Å². The Bertz CT molecular complexity index is 4.35. The van der Waals surface area contributed by atoms with Crippen molar-refractivity contribution in [2.45, 2.75) is 0 Å². The molecule has 8 heavy (non-hydrogen) atoms. The van der Waals surface area contributed by atoms with E-state index in [1.165, 1.54) is 0 Å². The molecule has 7 nitrogen and oxygen atoms in total. The van der Waals surface area contributed by atoms with Gasteiger partial charge >= 0.3 is 17.4 Å². The van der Waals surface area contributed by atoms with Crippen molar-refractivity contribution >= 4 is 17.4 Å². The van der Waals surface area contributed by atoms with Crippen molar-refractivity contribution in [3.05, 3.63) is 0 Å². The molecule has 0 radical (unpaired) electrons. The van der Waals surface area contributed by atoms with E-state index >= 15 is 0 Å². The average Bonchev–Trinajstić information content (AvgIpc) is 0. The van der Waals surface area contributed by atoms with E-state index in [9.17, 15) is 0 Å². The molecule has 0 unspecified atom stereocenters. The van der Waals surface area contributed by atoms with Crippen LogP contribution >= 0.6 is 0 Å². The van der Waals surface area contributed by atoms with Gasteiger partial charge in [0.05, 0.1) is 0 Å². The van der Waals surface area contributed by atoms with Gasteiger partial charge < -0.3 is 38.3 Å². The molecule has 0 atom stereocenters. The molecule has 0 aliphatic heterocycles. The maximum absolute atomic E-state index is 0. The van der Waals surface area contributed by atoms with Crippen LogP contribution in [0.1, 0.15) is 0 Å². The molecule has 0 aromatic rings. The molecule has 0 aliphatic rings. The van der Waals surface area contributed by atoms with Crippen molar-refractivity contribution in [2.75, 3.05) is 0 Å². The van der Waals surface area contributed by atoms with Crippen LogP contribution in [0, 0.1) is 0 Å². The van der Waals surface area contributed by atoms with E-state index in [0.29, 0.717) is 0 Å². The van der Waals surface area contributed by atoms with Crippen LogP contribution in [-0.4, -0.2) is 50.2 Å². The second-order valence-electron chi connectivity index (χ2n) is 0. The first kappa shape index (κ1) is 6810. The first-order chi connectivity index (χ1) is 0. The molecule has 0 rings (SSSR count). The van der Waals surface area contributed by atoms with E-state index < -0.39 is 0 Å². The van der Waals surface area contributed by atoms with Crippen molar-refractivity contribution in [1.82, 2.24) is 0 Å². The van der Waals surface area contributed by atoms with Gasteiger partial charge in [-0.05, 0) is 0 Å². The van der Waals surface area contributed by atoms with Gasteiger partial charge in [0.15, 0.2) is 0 Å². The molecule has 0 saturated heterocycles. The Morgan fingerprint density at radius 1 is 0.500 bits per heavy atom. The predicted molar refractivity (Wildman–Crippen MR) is 26.4 cm³/mol. The molecule has 11 N–H and O–H groups in total. The standard InChI is InChI=1S/Al.6H2O.O/h;6*1H2;/q+3;;;;;;;-2/p-1. The minimum atomic E-state index is 0. The van der Waals surface area contributed by atoms with Gasteiger partial charge in [0.2, 0.25) is 0 Å². The SMILES string of the molecule is O.O.O.O.O.[Al+3].[O-2].[OH-]. The fourth-order valence-electron chi connectivity index (χ4n) is 0. The summed E-state index contributed by atoms with van der Waals surface area (Å²) in [4.78, 5) is 0. The first-order valence-corrected chi connectivity index (χ1v) is 0. The van der Waals surface area contributed by atoms with E-state index in [4.69, 9.17) is 0 Å². The van der Waals surface area contributed by atoms with Gasteiger partial charge in [0, 0.05) is 0 Å². The van der Waals surface area contributed by atoms with Crippen LogP contribution in [0.3, 0.4) is 0 Å². The molecule has 0 aliphatic carbocycles. The summed E-state index contributed by atoms with van der Waals surface area (Å²) in [5, 5.41) is 0. The Kier molecular flexibility index (Phi) is 3790000. The zero-order chi connectivity index (χ0) is 0. The third-order valence-electron chi connectivity index (χ3n) is 0. The second kappa shape index (κ2) is 4450.